The smallest absolute Gasteiger partial charge is 0.337 e. The third kappa shape index (κ3) is 3.29. The van der Waals surface area contributed by atoms with Gasteiger partial charge in [-0.15, -0.1) is 0 Å². The lowest BCUT2D eigenvalue weighted by Crippen LogP contribution is -2.33. The molecule has 0 radical (unpaired) electrons. The second kappa shape index (κ2) is 5.16. The predicted octanol–water partition coefficient (Wildman–Crippen LogP) is 1.70. The maximum Gasteiger partial charge on any atom is 0.337 e. The van der Waals surface area contributed by atoms with E-state index in [1.807, 2.05) is 6.92 Å². The number of carbonyl (C=O) groups excluding carboxylic acids is 1. The molecule has 1 aliphatic rings. The van der Waals surface area contributed by atoms with E-state index in [1.165, 1.54) is 31.2 Å². The topological polar surface area (TPSA) is 79.3 Å². The van der Waals surface area contributed by atoms with Crippen LogP contribution < -0.4 is 5.32 Å². The number of nitrogens with zero attached hydrogens (tertiary/aromatic N) is 1. The van der Waals surface area contributed by atoms with Crippen LogP contribution in [0.25, 0.3) is 0 Å². The number of rotatable bonds is 5. The molecule has 1 aliphatic carbocycles. The zero-order valence-corrected chi connectivity index (χ0v) is 10.2. The number of pyridine rings is 1. The molecule has 18 heavy (non-hydrogen) atoms. The Morgan fingerprint density at radius 2 is 2.22 bits per heavy atom. The fourth-order valence-electron chi connectivity index (χ4n) is 1.86. The molecule has 1 amide bonds. The fourth-order valence-corrected chi connectivity index (χ4v) is 1.86. The SMILES string of the molecule is CC(CC1CC1)NC(=O)c1ccc(C(=O)O)cn1. The lowest BCUT2D eigenvalue weighted by Gasteiger charge is -2.12. The Labute approximate surface area is 105 Å². The van der Waals surface area contributed by atoms with Gasteiger partial charge in [0.15, 0.2) is 0 Å². The Bertz CT molecular complexity index is 452. The summed E-state index contributed by atoms with van der Waals surface area (Å²) in [6, 6.07) is 2.95. The van der Waals surface area contributed by atoms with Gasteiger partial charge in [-0.3, -0.25) is 9.78 Å². The van der Waals surface area contributed by atoms with E-state index < -0.39 is 5.97 Å². The van der Waals surface area contributed by atoms with Crippen molar-refractivity contribution in [3.63, 3.8) is 0 Å². The Morgan fingerprint density at radius 1 is 1.50 bits per heavy atom. The molecule has 0 bridgehead atoms. The van der Waals surface area contributed by atoms with Crippen molar-refractivity contribution >= 4 is 11.9 Å². The molecule has 1 atom stereocenters. The standard InChI is InChI=1S/C13H16N2O3/c1-8(6-9-2-3-9)15-12(16)11-5-4-10(7-14-11)13(17)18/h4-5,7-9H,2-3,6H2,1H3,(H,15,16)(H,17,18). The van der Waals surface area contributed by atoms with Crippen molar-refractivity contribution in [1.82, 2.24) is 10.3 Å². The molecule has 0 aliphatic heterocycles. The highest BCUT2D eigenvalue weighted by molar-refractivity contribution is 5.93. The van der Waals surface area contributed by atoms with Gasteiger partial charge in [0, 0.05) is 12.2 Å². The second-order valence-electron chi connectivity index (χ2n) is 4.79. The molecule has 0 aromatic carbocycles. The van der Waals surface area contributed by atoms with Crippen LogP contribution in [0.2, 0.25) is 0 Å². The van der Waals surface area contributed by atoms with Gasteiger partial charge in [-0.1, -0.05) is 12.8 Å². The maximum absolute atomic E-state index is 11.8. The van der Waals surface area contributed by atoms with E-state index >= 15 is 0 Å². The van der Waals surface area contributed by atoms with E-state index in [4.69, 9.17) is 5.11 Å². The Hall–Kier alpha value is -1.91. The van der Waals surface area contributed by atoms with Gasteiger partial charge in [0.1, 0.15) is 5.69 Å². The summed E-state index contributed by atoms with van der Waals surface area (Å²) in [6.45, 7) is 1.97. The zero-order chi connectivity index (χ0) is 13.1. The Kier molecular flexibility index (Phi) is 3.60. The lowest BCUT2D eigenvalue weighted by atomic mass is 10.1. The number of carbonyl (C=O) groups is 2. The number of hydrogen-bond donors (Lipinski definition) is 2. The average Bonchev–Trinajstić information content (AvgIpc) is 3.12. The monoisotopic (exact) mass is 248 g/mol. The van der Waals surface area contributed by atoms with Crippen molar-refractivity contribution < 1.29 is 14.7 Å². The van der Waals surface area contributed by atoms with E-state index in [-0.39, 0.29) is 23.2 Å². The molecule has 5 nitrogen and oxygen atoms in total. The first-order valence-electron chi connectivity index (χ1n) is 6.06. The number of nitrogens with one attached hydrogen (secondary N) is 1. The highest BCUT2D eigenvalue weighted by Gasteiger charge is 2.24. The molecule has 5 heteroatoms. The normalized spacial score (nSPS) is 16.1. The molecule has 1 unspecified atom stereocenters. The molecule has 1 aromatic heterocycles. The van der Waals surface area contributed by atoms with Gasteiger partial charge in [-0.05, 0) is 31.4 Å². The maximum atomic E-state index is 11.8. The van der Waals surface area contributed by atoms with Gasteiger partial charge in [-0.2, -0.15) is 0 Å². The van der Waals surface area contributed by atoms with Crippen LogP contribution in [0.3, 0.4) is 0 Å². The molecular formula is C13H16N2O3. The van der Waals surface area contributed by atoms with Crippen LogP contribution in [-0.4, -0.2) is 28.0 Å². The minimum absolute atomic E-state index is 0.0811. The predicted molar refractivity (Wildman–Crippen MR) is 65.5 cm³/mol. The Balaban J connectivity index is 1.93. The minimum atomic E-state index is -1.04. The summed E-state index contributed by atoms with van der Waals surface area (Å²) in [5.41, 5.74) is 0.334. The summed E-state index contributed by atoms with van der Waals surface area (Å²) in [6.07, 6.45) is 4.71. The van der Waals surface area contributed by atoms with Crippen LogP contribution in [0.15, 0.2) is 18.3 Å². The fraction of sp³-hybridized carbons (Fsp3) is 0.462. The molecule has 1 heterocycles. The molecule has 96 valence electrons. The van der Waals surface area contributed by atoms with Crippen molar-refractivity contribution in [3.8, 4) is 0 Å². The van der Waals surface area contributed by atoms with Crippen LogP contribution >= 0.6 is 0 Å². The highest BCUT2D eigenvalue weighted by atomic mass is 16.4. The second-order valence-corrected chi connectivity index (χ2v) is 4.79. The van der Waals surface area contributed by atoms with Crippen LogP contribution in [0.1, 0.15) is 47.0 Å². The largest absolute Gasteiger partial charge is 0.478 e. The molecule has 1 aromatic rings. The van der Waals surface area contributed by atoms with Gasteiger partial charge in [0.2, 0.25) is 0 Å². The van der Waals surface area contributed by atoms with Gasteiger partial charge >= 0.3 is 5.97 Å². The summed E-state index contributed by atoms with van der Waals surface area (Å²) in [5, 5.41) is 11.6. The number of amides is 1. The number of aromatic carboxylic acids is 1. The average molecular weight is 248 g/mol. The van der Waals surface area contributed by atoms with Gasteiger partial charge < -0.3 is 10.4 Å². The van der Waals surface area contributed by atoms with Crippen LogP contribution in [0.4, 0.5) is 0 Å². The summed E-state index contributed by atoms with van der Waals surface area (Å²) in [5.74, 6) is -0.542. The molecule has 0 spiro atoms. The minimum Gasteiger partial charge on any atom is -0.478 e. The first-order chi connectivity index (χ1) is 8.56. The molecule has 2 N–H and O–H groups in total. The quantitative estimate of drug-likeness (QED) is 0.831. The van der Waals surface area contributed by atoms with Gasteiger partial charge in [-0.25, -0.2) is 4.79 Å². The summed E-state index contributed by atoms with van der Waals surface area (Å²) >= 11 is 0. The van der Waals surface area contributed by atoms with Crippen molar-refractivity contribution in [2.45, 2.75) is 32.2 Å². The van der Waals surface area contributed by atoms with E-state index in [9.17, 15) is 9.59 Å². The van der Waals surface area contributed by atoms with Crippen molar-refractivity contribution in [1.29, 1.82) is 0 Å². The van der Waals surface area contributed by atoms with Crippen LogP contribution in [0, 0.1) is 5.92 Å². The molecule has 0 saturated heterocycles. The molecular weight excluding hydrogens is 232 g/mol. The first kappa shape index (κ1) is 12.5. The third-order valence-corrected chi connectivity index (χ3v) is 3.00. The van der Waals surface area contributed by atoms with Crippen molar-refractivity contribution in [2.24, 2.45) is 5.92 Å². The summed E-state index contributed by atoms with van der Waals surface area (Å²) in [7, 11) is 0. The summed E-state index contributed by atoms with van der Waals surface area (Å²) < 4.78 is 0. The molecule has 1 saturated carbocycles. The number of aromatic nitrogens is 1. The van der Waals surface area contributed by atoms with E-state index in [1.54, 1.807) is 0 Å². The number of hydrogen-bond acceptors (Lipinski definition) is 3. The first-order valence-corrected chi connectivity index (χ1v) is 6.06. The lowest BCUT2D eigenvalue weighted by molar-refractivity contribution is 0.0695. The van der Waals surface area contributed by atoms with Gasteiger partial charge in [0.05, 0.1) is 5.56 Å². The van der Waals surface area contributed by atoms with Crippen molar-refractivity contribution in [2.75, 3.05) is 0 Å². The van der Waals surface area contributed by atoms with E-state index in [0.29, 0.717) is 0 Å². The Morgan fingerprint density at radius 3 is 2.72 bits per heavy atom. The van der Waals surface area contributed by atoms with Crippen LogP contribution in [-0.2, 0) is 0 Å². The van der Waals surface area contributed by atoms with E-state index in [2.05, 4.69) is 10.3 Å². The number of carboxylic acid groups (broad SMARTS) is 1. The summed E-state index contributed by atoms with van der Waals surface area (Å²) in [4.78, 5) is 26.3. The van der Waals surface area contributed by atoms with Crippen LogP contribution in [0.5, 0.6) is 0 Å². The highest BCUT2D eigenvalue weighted by Crippen LogP contribution is 2.33. The third-order valence-electron chi connectivity index (χ3n) is 3.00. The zero-order valence-electron chi connectivity index (χ0n) is 10.2. The molecule has 2 rings (SSSR count). The molecule has 1 fully saturated rings. The van der Waals surface area contributed by atoms with Gasteiger partial charge in [0.25, 0.3) is 5.91 Å². The van der Waals surface area contributed by atoms with E-state index in [0.717, 1.165) is 12.3 Å². The number of carboxylic acids is 1. The van der Waals surface area contributed by atoms with Crippen molar-refractivity contribution in [3.05, 3.63) is 29.6 Å².